The number of nitrogens with one attached hydrogen (secondary N) is 1. The van der Waals surface area contributed by atoms with Crippen molar-refractivity contribution in [2.45, 2.75) is 45.1 Å². The number of likely N-dealkylation sites (tertiary alicyclic amines) is 2. The third-order valence-electron chi connectivity index (χ3n) is 4.88. The number of carboxylic acids is 2. The van der Waals surface area contributed by atoms with Gasteiger partial charge in [-0.25, -0.2) is 14.6 Å². The van der Waals surface area contributed by atoms with Crippen molar-refractivity contribution in [3.63, 3.8) is 0 Å². The molecule has 0 saturated carbocycles. The predicted molar refractivity (Wildman–Crippen MR) is 106 cm³/mol. The molecule has 1 aromatic rings. The van der Waals surface area contributed by atoms with Gasteiger partial charge in [0.1, 0.15) is 0 Å². The van der Waals surface area contributed by atoms with E-state index in [-0.39, 0.29) is 5.91 Å². The van der Waals surface area contributed by atoms with E-state index in [9.17, 15) is 4.79 Å². The minimum atomic E-state index is -1.82. The highest BCUT2D eigenvalue weighted by atomic mass is 32.1. The lowest BCUT2D eigenvalue weighted by molar-refractivity contribution is -0.159. The molecule has 0 aromatic carbocycles. The molecule has 0 bridgehead atoms. The Kier molecular flexibility index (Phi) is 8.81. The Morgan fingerprint density at radius 3 is 2.21 bits per heavy atom. The van der Waals surface area contributed by atoms with Crippen LogP contribution in [0.5, 0.6) is 0 Å². The van der Waals surface area contributed by atoms with E-state index < -0.39 is 11.9 Å². The maximum Gasteiger partial charge on any atom is 0.414 e. The highest BCUT2D eigenvalue weighted by molar-refractivity contribution is 7.13. The predicted octanol–water partition coefficient (Wildman–Crippen LogP) is 1.50. The number of amides is 1. The first-order valence-corrected chi connectivity index (χ1v) is 10.4. The molecule has 1 amide bonds. The molecule has 0 radical (unpaired) electrons. The van der Waals surface area contributed by atoms with Crippen LogP contribution >= 0.6 is 11.3 Å². The molecule has 3 N–H and O–H groups in total. The minimum Gasteiger partial charge on any atom is -0.473 e. The minimum absolute atomic E-state index is 0.0609. The lowest BCUT2D eigenvalue weighted by Gasteiger charge is -2.40. The van der Waals surface area contributed by atoms with Gasteiger partial charge in [-0.05, 0) is 45.7 Å². The fourth-order valence-electron chi connectivity index (χ4n) is 3.50. The molecule has 0 atom stereocenters. The SMILES string of the molecule is Cc1csc(NC(=O)CN2CCC(N3CCCCC3)CC2)n1.O=C(O)C(=O)O. The lowest BCUT2D eigenvalue weighted by Crippen LogP contribution is -2.48. The Morgan fingerprint density at radius 2 is 1.71 bits per heavy atom. The van der Waals surface area contributed by atoms with Crippen molar-refractivity contribution in [2.24, 2.45) is 0 Å². The Morgan fingerprint density at radius 1 is 1.11 bits per heavy atom. The third kappa shape index (κ3) is 7.53. The number of hydrogen-bond acceptors (Lipinski definition) is 7. The number of carbonyl (C=O) groups excluding carboxylic acids is 1. The van der Waals surface area contributed by atoms with E-state index in [1.54, 1.807) is 0 Å². The second-order valence-electron chi connectivity index (χ2n) is 7.06. The summed E-state index contributed by atoms with van der Waals surface area (Å²) in [7, 11) is 0. The van der Waals surface area contributed by atoms with Crippen LogP contribution in [0.2, 0.25) is 0 Å². The molecule has 1 aromatic heterocycles. The summed E-state index contributed by atoms with van der Waals surface area (Å²) in [6.45, 7) is 7.04. The first kappa shape index (κ1) is 22.3. The largest absolute Gasteiger partial charge is 0.473 e. The summed E-state index contributed by atoms with van der Waals surface area (Å²) < 4.78 is 0. The van der Waals surface area contributed by atoms with Gasteiger partial charge in [-0.15, -0.1) is 11.3 Å². The van der Waals surface area contributed by atoms with Gasteiger partial charge in [-0.1, -0.05) is 6.42 Å². The summed E-state index contributed by atoms with van der Waals surface area (Å²) in [6.07, 6.45) is 6.50. The average Bonchev–Trinajstić information content (AvgIpc) is 3.08. The smallest absolute Gasteiger partial charge is 0.414 e. The van der Waals surface area contributed by atoms with Crippen LogP contribution in [0.1, 0.15) is 37.8 Å². The van der Waals surface area contributed by atoms with Crippen molar-refractivity contribution in [1.29, 1.82) is 0 Å². The number of aryl methyl sites for hydroxylation is 1. The van der Waals surface area contributed by atoms with E-state index in [0.717, 1.165) is 24.8 Å². The Balaban J connectivity index is 0.000000409. The number of nitrogens with zero attached hydrogens (tertiary/aromatic N) is 3. The lowest BCUT2D eigenvalue weighted by atomic mass is 10.00. The van der Waals surface area contributed by atoms with Gasteiger partial charge in [0.15, 0.2) is 5.13 Å². The molecular weight excluding hydrogens is 384 g/mol. The number of thiazole rings is 1. The quantitative estimate of drug-likeness (QED) is 0.636. The summed E-state index contributed by atoms with van der Waals surface area (Å²) in [6, 6.07) is 0.737. The van der Waals surface area contributed by atoms with Crippen molar-refractivity contribution < 1.29 is 24.6 Å². The van der Waals surface area contributed by atoms with Gasteiger partial charge in [0.05, 0.1) is 12.2 Å². The van der Waals surface area contributed by atoms with E-state index in [1.807, 2.05) is 12.3 Å². The molecule has 2 fully saturated rings. The van der Waals surface area contributed by atoms with E-state index >= 15 is 0 Å². The number of carboxylic acid groups (broad SMARTS) is 2. The summed E-state index contributed by atoms with van der Waals surface area (Å²) in [5.41, 5.74) is 0.961. The molecule has 2 saturated heterocycles. The second kappa shape index (κ2) is 11.1. The summed E-state index contributed by atoms with van der Waals surface area (Å²) in [4.78, 5) is 39.5. The van der Waals surface area contributed by atoms with E-state index in [4.69, 9.17) is 19.8 Å². The van der Waals surface area contributed by atoms with Crippen LogP contribution in [-0.2, 0) is 14.4 Å². The zero-order chi connectivity index (χ0) is 20.5. The molecule has 10 heteroatoms. The molecular formula is C18H28N4O5S. The van der Waals surface area contributed by atoms with Crippen LogP contribution in [0, 0.1) is 6.92 Å². The Bertz CT molecular complexity index is 655. The number of aliphatic carboxylic acids is 2. The molecule has 3 rings (SSSR count). The van der Waals surface area contributed by atoms with Crippen LogP contribution in [0.4, 0.5) is 5.13 Å². The van der Waals surface area contributed by atoms with Crippen molar-refractivity contribution in [2.75, 3.05) is 38.0 Å². The number of anilines is 1. The summed E-state index contributed by atoms with van der Waals surface area (Å²) in [5, 5.41) is 20.4. The van der Waals surface area contributed by atoms with Crippen LogP contribution < -0.4 is 5.32 Å². The van der Waals surface area contributed by atoms with E-state index in [2.05, 4.69) is 20.1 Å². The Labute approximate surface area is 168 Å². The monoisotopic (exact) mass is 412 g/mol. The van der Waals surface area contributed by atoms with Crippen molar-refractivity contribution >= 4 is 34.3 Å². The van der Waals surface area contributed by atoms with Gasteiger partial charge in [-0.3, -0.25) is 9.69 Å². The molecule has 0 aliphatic carbocycles. The second-order valence-corrected chi connectivity index (χ2v) is 7.91. The maximum absolute atomic E-state index is 12.1. The topological polar surface area (TPSA) is 123 Å². The number of rotatable bonds is 4. The highest BCUT2D eigenvalue weighted by Crippen LogP contribution is 2.21. The number of piperidine rings is 2. The van der Waals surface area contributed by atoms with E-state index in [0.29, 0.717) is 11.7 Å². The molecule has 3 heterocycles. The molecule has 2 aliphatic rings. The highest BCUT2D eigenvalue weighted by Gasteiger charge is 2.26. The van der Waals surface area contributed by atoms with Gasteiger partial charge in [0, 0.05) is 24.5 Å². The van der Waals surface area contributed by atoms with Crippen molar-refractivity contribution in [1.82, 2.24) is 14.8 Å². The van der Waals surface area contributed by atoms with Gasteiger partial charge < -0.3 is 20.4 Å². The molecule has 0 unspecified atom stereocenters. The zero-order valence-electron chi connectivity index (χ0n) is 16.1. The molecule has 0 spiro atoms. The van der Waals surface area contributed by atoms with Crippen LogP contribution in [0.3, 0.4) is 0 Å². The fourth-order valence-corrected chi connectivity index (χ4v) is 4.20. The zero-order valence-corrected chi connectivity index (χ0v) is 16.9. The number of carbonyl (C=O) groups is 3. The maximum atomic E-state index is 12.1. The van der Waals surface area contributed by atoms with Crippen LogP contribution in [0.25, 0.3) is 0 Å². The summed E-state index contributed by atoms with van der Waals surface area (Å²) >= 11 is 1.49. The average molecular weight is 413 g/mol. The normalized spacial score (nSPS) is 18.8. The van der Waals surface area contributed by atoms with Gasteiger partial charge in [0.2, 0.25) is 5.91 Å². The molecule has 28 heavy (non-hydrogen) atoms. The molecule has 2 aliphatic heterocycles. The van der Waals surface area contributed by atoms with E-state index in [1.165, 1.54) is 56.5 Å². The fraction of sp³-hybridized carbons (Fsp3) is 0.667. The van der Waals surface area contributed by atoms with Gasteiger partial charge in [0.25, 0.3) is 0 Å². The van der Waals surface area contributed by atoms with Crippen molar-refractivity contribution in [3.05, 3.63) is 11.1 Å². The number of hydrogen-bond donors (Lipinski definition) is 3. The van der Waals surface area contributed by atoms with Gasteiger partial charge in [-0.2, -0.15) is 0 Å². The Hall–Kier alpha value is -2.04. The number of aromatic nitrogens is 1. The van der Waals surface area contributed by atoms with Crippen molar-refractivity contribution in [3.8, 4) is 0 Å². The van der Waals surface area contributed by atoms with Crippen LogP contribution in [0.15, 0.2) is 5.38 Å². The first-order valence-electron chi connectivity index (χ1n) is 9.49. The molecule has 9 nitrogen and oxygen atoms in total. The third-order valence-corrected chi connectivity index (χ3v) is 5.76. The standard InChI is InChI=1S/C16H26N4OS.C2H2O4/c1-13-12-22-16(17-13)18-15(21)11-19-9-5-14(6-10-19)20-7-3-2-4-8-20;3-1(4)2(5)6/h12,14H,2-11H2,1H3,(H,17,18,21);(H,3,4)(H,5,6). The molecule has 156 valence electrons. The first-order chi connectivity index (χ1) is 13.3. The van der Waals surface area contributed by atoms with Gasteiger partial charge >= 0.3 is 11.9 Å². The van der Waals surface area contributed by atoms with Crippen LogP contribution in [-0.4, -0.2) is 81.6 Å². The summed E-state index contributed by atoms with van der Waals surface area (Å²) in [5.74, 6) is -3.59.